The lowest BCUT2D eigenvalue weighted by Crippen LogP contribution is -2.25. The third kappa shape index (κ3) is 2.98. The molecule has 0 bridgehead atoms. The first-order valence-electron chi connectivity index (χ1n) is 5.51. The van der Waals surface area contributed by atoms with Gasteiger partial charge in [0.25, 0.3) is 0 Å². The summed E-state index contributed by atoms with van der Waals surface area (Å²) in [5, 5.41) is 8.16. The van der Waals surface area contributed by atoms with Crippen LogP contribution in [-0.4, -0.2) is 33.6 Å². The van der Waals surface area contributed by atoms with E-state index in [0.29, 0.717) is 30.7 Å². The Morgan fingerprint density at radius 1 is 1.62 bits per heavy atom. The Morgan fingerprint density at radius 3 is 3.12 bits per heavy atom. The molecule has 2 heterocycles. The van der Waals surface area contributed by atoms with E-state index in [4.69, 9.17) is 4.52 Å². The zero-order chi connectivity index (χ0) is 11.4. The van der Waals surface area contributed by atoms with Gasteiger partial charge in [-0.15, -0.1) is 0 Å². The zero-order valence-electron chi connectivity index (χ0n) is 9.56. The molecule has 1 aromatic heterocycles. The Kier molecular flexibility index (Phi) is 3.82. The summed E-state index contributed by atoms with van der Waals surface area (Å²) < 4.78 is 5.01. The predicted octanol–water partition coefficient (Wildman–Crippen LogP) is 1.39. The fourth-order valence-electron chi connectivity index (χ4n) is 1.44. The van der Waals surface area contributed by atoms with E-state index >= 15 is 0 Å². The molecule has 0 amide bonds. The van der Waals surface area contributed by atoms with E-state index in [-0.39, 0.29) is 0 Å². The molecule has 1 unspecified atom stereocenters. The Hall–Kier alpha value is -1.04. The van der Waals surface area contributed by atoms with Gasteiger partial charge in [0.05, 0.1) is 6.54 Å². The van der Waals surface area contributed by atoms with Crippen molar-refractivity contribution >= 4 is 16.9 Å². The normalized spacial score (nSPS) is 22.6. The number of nitrogens with one attached hydrogen (secondary N) is 1. The van der Waals surface area contributed by atoms with Gasteiger partial charge in [-0.1, -0.05) is 23.8 Å². The highest BCUT2D eigenvalue weighted by Gasteiger charge is 2.17. The molecule has 6 heteroatoms. The lowest BCUT2D eigenvalue weighted by molar-refractivity contribution is 0.376. The molecule has 2 rings (SSSR count). The van der Waals surface area contributed by atoms with Gasteiger partial charge in [0.2, 0.25) is 5.89 Å². The van der Waals surface area contributed by atoms with Gasteiger partial charge in [-0.3, -0.25) is 4.99 Å². The molecule has 0 radical (unpaired) electrons. The quantitative estimate of drug-likeness (QED) is 0.861. The second-order valence-corrected chi connectivity index (χ2v) is 4.74. The summed E-state index contributed by atoms with van der Waals surface area (Å²) in [6.07, 6.45) is 1.86. The maximum absolute atomic E-state index is 5.01. The number of nitrogens with zero attached hydrogens (tertiary/aromatic N) is 3. The molecule has 1 aliphatic rings. The summed E-state index contributed by atoms with van der Waals surface area (Å²) in [4.78, 5) is 8.60. The maximum Gasteiger partial charge on any atom is 0.228 e. The lowest BCUT2D eigenvalue weighted by atomic mass is 10.3. The van der Waals surface area contributed by atoms with Crippen LogP contribution in [0.5, 0.6) is 0 Å². The zero-order valence-corrected chi connectivity index (χ0v) is 10.4. The highest BCUT2D eigenvalue weighted by molar-refractivity contribution is 8.14. The lowest BCUT2D eigenvalue weighted by Gasteiger charge is -2.04. The van der Waals surface area contributed by atoms with E-state index in [0.717, 1.165) is 17.3 Å². The third-order valence-electron chi connectivity index (χ3n) is 2.39. The molecule has 0 spiro atoms. The van der Waals surface area contributed by atoms with Crippen LogP contribution in [0.4, 0.5) is 0 Å². The van der Waals surface area contributed by atoms with Crippen molar-refractivity contribution in [1.82, 2.24) is 15.5 Å². The predicted molar refractivity (Wildman–Crippen MR) is 64.7 cm³/mol. The van der Waals surface area contributed by atoms with Crippen LogP contribution >= 0.6 is 11.8 Å². The maximum atomic E-state index is 5.01. The fraction of sp³-hybridized carbons (Fsp3) is 0.700. The van der Waals surface area contributed by atoms with Gasteiger partial charge in [0.15, 0.2) is 11.0 Å². The van der Waals surface area contributed by atoms with Crippen LogP contribution in [0.2, 0.25) is 0 Å². The summed E-state index contributed by atoms with van der Waals surface area (Å²) in [6.45, 7) is 4.70. The van der Waals surface area contributed by atoms with E-state index < -0.39 is 0 Å². The van der Waals surface area contributed by atoms with Crippen LogP contribution in [0.1, 0.15) is 25.1 Å². The van der Waals surface area contributed by atoms with E-state index in [9.17, 15) is 0 Å². The molecular weight excluding hydrogens is 224 g/mol. The van der Waals surface area contributed by atoms with Crippen molar-refractivity contribution in [2.75, 3.05) is 12.3 Å². The van der Waals surface area contributed by atoms with E-state index in [2.05, 4.69) is 27.4 Å². The molecule has 88 valence electrons. The third-order valence-corrected chi connectivity index (χ3v) is 3.48. The Labute approximate surface area is 99.1 Å². The van der Waals surface area contributed by atoms with Crippen molar-refractivity contribution < 1.29 is 4.52 Å². The van der Waals surface area contributed by atoms with Crippen molar-refractivity contribution in [2.45, 2.75) is 32.7 Å². The number of rotatable bonds is 4. The van der Waals surface area contributed by atoms with Crippen molar-refractivity contribution in [2.24, 2.45) is 4.99 Å². The van der Waals surface area contributed by atoms with E-state index in [1.54, 1.807) is 11.8 Å². The van der Waals surface area contributed by atoms with Gasteiger partial charge >= 0.3 is 0 Å². The summed E-state index contributed by atoms with van der Waals surface area (Å²) in [6, 6.07) is 0.578. The minimum absolute atomic E-state index is 0.578. The largest absolute Gasteiger partial charge is 0.361 e. The van der Waals surface area contributed by atoms with E-state index in [1.165, 1.54) is 0 Å². The smallest absolute Gasteiger partial charge is 0.228 e. The Balaban J connectivity index is 1.77. The molecular formula is C10H16N4OS. The topological polar surface area (TPSA) is 63.3 Å². The number of aryl methyl sites for hydroxylation is 1. The van der Waals surface area contributed by atoms with Crippen LogP contribution < -0.4 is 5.32 Å². The van der Waals surface area contributed by atoms with Crippen LogP contribution in [0.25, 0.3) is 0 Å². The number of thioether (sulfide) groups is 1. The average Bonchev–Trinajstić information content (AvgIpc) is 2.88. The van der Waals surface area contributed by atoms with Crippen molar-refractivity contribution in [3.05, 3.63) is 11.7 Å². The second kappa shape index (κ2) is 5.34. The molecule has 1 N–H and O–H groups in total. The first kappa shape index (κ1) is 11.4. The van der Waals surface area contributed by atoms with Crippen LogP contribution in [0.15, 0.2) is 9.52 Å². The molecule has 1 saturated heterocycles. The minimum atomic E-state index is 0.578. The molecule has 1 atom stereocenters. The molecule has 0 saturated carbocycles. The summed E-state index contributed by atoms with van der Waals surface area (Å²) >= 11 is 1.79. The highest BCUT2D eigenvalue weighted by Crippen LogP contribution is 2.15. The van der Waals surface area contributed by atoms with Gasteiger partial charge in [-0.25, -0.2) is 0 Å². The minimum Gasteiger partial charge on any atom is -0.361 e. The molecule has 0 aliphatic carbocycles. The van der Waals surface area contributed by atoms with E-state index in [1.807, 2.05) is 6.92 Å². The Morgan fingerprint density at radius 2 is 2.50 bits per heavy atom. The highest BCUT2D eigenvalue weighted by atomic mass is 32.2. The first-order chi connectivity index (χ1) is 7.78. The van der Waals surface area contributed by atoms with Crippen molar-refractivity contribution in [1.29, 1.82) is 0 Å². The van der Waals surface area contributed by atoms with Crippen molar-refractivity contribution in [3.8, 4) is 0 Å². The number of aliphatic imine (C=N–C) groups is 1. The molecule has 5 nitrogen and oxygen atoms in total. The fourth-order valence-corrected chi connectivity index (χ4v) is 2.55. The number of hydrogen-bond acceptors (Lipinski definition) is 5. The van der Waals surface area contributed by atoms with Gasteiger partial charge in [0, 0.05) is 18.2 Å². The first-order valence-corrected chi connectivity index (χ1v) is 6.49. The second-order valence-electron chi connectivity index (χ2n) is 3.73. The number of hydrogen-bond donors (Lipinski definition) is 1. The molecule has 1 aromatic rings. The standard InChI is InChI=1S/C10H16N4OS/c1-3-8-6-16-10(13-8)11-5-4-9-12-7(2)14-15-9/h8H,3-6H2,1-2H3,(H,11,13). The average molecular weight is 240 g/mol. The summed E-state index contributed by atoms with van der Waals surface area (Å²) in [5.74, 6) is 2.47. The number of aromatic nitrogens is 2. The molecule has 1 fully saturated rings. The summed E-state index contributed by atoms with van der Waals surface area (Å²) in [7, 11) is 0. The molecule has 1 aliphatic heterocycles. The molecule has 16 heavy (non-hydrogen) atoms. The van der Waals surface area contributed by atoms with Crippen LogP contribution in [-0.2, 0) is 6.42 Å². The van der Waals surface area contributed by atoms with Gasteiger partial charge in [-0.2, -0.15) is 4.98 Å². The monoisotopic (exact) mass is 240 g/mol. The number of amidine groups is 1. The van der Waals surface area contributed by atoms with Crippen molar-refractivity contribution in [3.63, 3.8) is 0 Å². The van der Waals surface area contributed by atoms with Gasteiger partial charge in [0.1, 0.15) is 0 Å². The summed E-state index contributed by atoms with van der Waals surface area (Å²) in [5.41, 5.74) is 0. The van der Waals surface area contributed by atoms with Gasteiger partial charge in [-0.05, 0) is 13.3 Å². The molecule has 0 aromatic carbocycles. The van der Waals surface area contributed by atoms with Gasteiger partial charge < -0.3 is 9.84 Å². The van der Waals surface area contributed by atoms with Crippen LogP contribution in [0.3, 0.4) is 0 Å². The SMILES string of the molecule is CCC1CSC(=NCCc2nc(C)no2)N1. The Bertz CT molecular complexity index is 377. The van der Waals surface area contributed by atoms with Crippen LogP contribution in [0, 0.1) is 6.92 Å².